The van der Waals surface area contributed by atoms with Gasteiger partial charge in [0.2, 0.25) is 0 Å². The molecule has 0 radical (unpaired) electrons. The van der Waals surface area contributed by atoms with Crippen molar-refractivity contribution in [1.82, 2.24) is 14.8 Å². The molecule has 4 nitrogen and oxygen atoms in total. The van der Waals surface area contributed by atoms with Crippen LogP contribution in [0.15, 0.2) is 0 Å². The molecule has 2 aliphatic rings. The summed E-state index contributed by atoms with van der Waals surface area (Å²) in [6.45, 7) is 0.0220. The molecule has 1 N–H and O–H groups in total. The van der Waals surface area contributed by atoms with Crippen LogP contribution in [0.25, 0.3) is 0 Å². The van der Waals surface area contributed by atoms with E-state index < -0.39 is 0 Å². The third-order valence-electron chi connectivity index (χ3n) is 3.06. The van der Waals surface area contributed by atoms with Gasteiger partial charge in [-0.15, -0.1) is 10.2 Å². The first kappa shape index (κ1) is 8.41. The predicted octanol–water partition coefficient (Wildman–Crippen LogP) is 1.06. The summed E-state index contributed by atoms with van der Waals surface area (Å²) in [4.78, 5) is 0. The van der Waals surface area contributed by atoms with Crippen LogP contribution in [-0.2, 0) is 13.0 Å². The SMILES string of the molecule is OCc1nnc(CC2CC2)n1C1CC1. The molecule has 1 aromatic rings. The Hall–Kier alpha value is -0.900. The first-order valence-corrected chi connectivity index (χ1v) is 5.42. The van der Waals surface area contributed by atoms with Gasteiger partial charge in [0.15, 0.2) is 5.82 Å². The zero-order chi connectivity index (χ0) is 9.54. The third kappa shape index (κ3) is 1.43. The van der Waals surface area contributed by atoms with E-state index in [2.05, 4.69) is 14.8 Å². The van der Waals surface area contributed by atoms with Crippen molar-refractivity contribution in [1.29, 1.82) is 0 Å². The smallest absolute Gasteiger partial charge is 0.159 e. The summed E-state index contributed by atoms with van der Waals surface area (Å²) in [5.41, 5.74) is 0. The molecule has 14 heavy (non-hydrogen) atoms. The van der Waals surface area contributed by atoms with E-state index in [0.29, 0.717) is 6.04 Å². The summed E-state index contributed by atoms with van der Waals surface area (Å²) < 4.78 is 2.16. The molecule has 0 aromatic carbocycles. The summed E-state index contributed by atoms with van der Waals surface area (Å²) in [6, 6.07) is 0.584. The van der Waals surface area contributed by atoms with E-state index in [0.717, 1.165) is 24.0 Å². The molecule has 0 spiro atoms. The highest BCUT2D eigenvalue weighted by Gasteiger charge is 2.31. The minimum absolute atomic E-state index is 0.0220. The van der Waals surface area contributed by atoms with Crippen molar-refractivity contribution >= 4 is 0 Å². The van der Waals surface area contributed by atoms with Crippen molar-refractivity contribution < 1.29 is 5.11 Å². The number of aliphatic hydroxyl groups is 1. The van der Waals surface area contributed by atoms with Crippen LogP contribution in [0.5, 0.6) is 0 Å². The Bertz CT molecular complexity index is 339. The molecule has 0 atom stereocenters. The number of nitrogens with zero attached hydrogens (tertiary/aromatic N) is 3. The second-order valence-corrected chi connectivity index (χ2v) is 4.44. The molecule has 76 valence electrons. The quantitative estimate of drug-likeness (QED) is 0.777. The largest absolute Gasteiger partial charge is 0.388 e. The zero-order valence-corrected chi connectivity index (χ0v) is 8.19. The maximum absolute atomic E-state index is 9.13. The lowest BCUT2D eigenvalue weighted by atomic mass is 10.3. The minimum Gasteiger partial charge on any atom is -0.388 e. The van der Waals surface area contributed by atoms with Gasteiger partial charge in [-0.25, -0.2) is 0 Å². The van der Waals surface area contributed by atoms with Gasteiger partial charge in [0.1, 0.15) is 12.4 Å². The summed E-state index contributed by atoms with van der Waals surface area (Å²) in [6.07, 6.45) is 6.19. The van der Waals surface area contributed by atoms with Crippen LogP contribution in [-0.4, -0.2) is 19.9 Å². The lowest BCUT2D eigenvalue weighted by Gasteiger charge is -2.06. The summed E-state index contributed by atoms with van der Waals surface area (Å²) in [5.74, 6) is 2.69. The molecule has 3 rings (SSSR count). The van der Waals surface area contributed by atoms with E-state index in [1.165, 1.54) is 25.7 Å². The first-order chi connectivity index (χ1) is 6.88. The molecule has 2 saturated carbocycles. The minimum atomic E-state index is 0.0220. The molecule has 0 bridgehead atoms. The van der Waals surface area contributed by atoms with Crippen molar-refractivity contribution in [2.75, 3.05) is 0 Å². The lowest BCUT2D eigenvalue weighted by molar-refractivity contribution is 0.264. The van der Waals surface area contributed by atoms with Gasteiger partial charge in [-0.3, -0.25) is 0 Å². The van der Waals surface area contributed by atoms with Gasteiger partial charge in [-0.05, 0) is 31.6 Å². The van der Waals surface area contributed by atoms with Crippen LogP contribution in [0, 0.1) is 5.92 Å². The molecule has 0 unspecified atom stereocenters. The Labute approximate surface area is 83.0 Å². The molecular weight excluding hydrogens is 178 g/mol. The Kier molecular flexibility index (Phi) is 1.83. The molecule has 2 aliphatic carbocycles. The van der Waals surface area contributed by atoms with Gasteiger partial charge < -0.3 is 9.67 Å². The summed E-state index contributed by atoms with van der Waals surface area (Å²) in [5, 5.41) is 17.4. The maximum Gasteiger partial charge on any atom is 0.159 e. The van der Waals surface area contributed by atoms with Crippen LogP contribution in [0.3, 0.4) is 0 Å². The topological polar surface area (TPSA) is 50.9 Å². The average Bonchev–Trinajstić information content (AvgIpc) is 3.07. The fourth-order valence-corrected chi connectivity index (χ4v) is 1.94. The van der Waals surface area contributed by atoms with Crippen molar-refractivity contribution in [3.8, 4) is 0 Å². The van der Waals surface area contributed by atoms with E-state index in [-0.39, 0.29) is 6.61 Å². The summed E-state index contributed by atoms with van der Waals surface area (Å²) >= 11 is 0. The van der Waals surface area contributed by atoms with E-state index >= 15 is 0 Å². The van der Waals surface area contributed by atoms with E-state index in [9.17, 15) is 0 Å². The molecule has 0 aliphatic heterocycles. The van der Waals surface area contributed by atoms with Crippen LogP contribution < -0.4 is 0 Å². The highest BCUT2D eigenvalue weighted by atomic mass is 16.3. The van der Waals surface area contributed by atoms with E-state index in [1.807, 2.05) is 0 Å². The predicted molar refractivity (Wildman–Crippen MR) is 50.6 cm³/mol. The Balaban J connectivity index is 1.88. The van der Waals surface area contributed by atoms with Gasteiger partial charge in [0.25, 0.3) is 0 Å². The monoisotopic (exact) mass is 193 g/mol. The van der Waals surface area contributed by atoms with Gasteiger partial charge in [-0.1, -0.05) is 0 Å². The second-order valence-electron chi connectivity index (χ2n) is 4.44. The molecule has 1 heterocycles. The first-order valence-electron chi connectivity index (χ1n) is 5.42. The van der Waals surface area contributed by atoms with Gasteiger partial charge in [-0.2, -0.15) is 0 Å². The number of aromatic nitrogens is 3. The molecule has 0 saturated heterocycles. The van der Waals surface area contributed by atoms with Crippen molar-refractivity contribution in [2.24, 2.45) is 5.92 Å². The van der Waals surface area contributed by atoms with Crippen LogP contribution in [0.4, 0.5) is 0 Å². The number of rotatable bonds is 4. The zero-order valence-electron chi connectivity index (χ0n) is 8.19. The van der Waals surface area contributed by atoms with Crippen molar-refractivity contribution in [3.63, 3.8) is 0 Å². The second kappa shape index (κ2) is 3.05. The molecule has 2 fully saturated rings. The molecule has 1 aromatic heterocycles. The van der Waals surface area contributed by atoms with Crippen molar-refractivity contribution in [3.05, 3.63) is 11.6 Å². The maximum atomic E-state index is 9.13. The standard InChI is InChI=1S/C10H15N3O/c14-6-10-12-11-9(5-7-1-2-7)13(10)8-3-4-8/h7-8,14H,1-6H2. The summed E-state index contributed by atoms with van der Waals surface area (Å²) in [7, 11) is 0. The van der Waals surface area contributed by atoms with Crippen LogP contribution in [0.1, 0.15) is 43.4 Å². The Morgan fingerprint density at radius 1 is 1.14 bits per heavy atom. The third-order valence-corrected chi connectivity index (χ3v) is 3.06. The molecule has 4 heteroatoms. The van der Waals surface area contributed by atoms with Gasteiger partial charge in [0, 0.05) is 12.5 Å². The highest BCUT2D eigenvalue weighted by Crippen LogP contribution is 2.39. The van der Waals surface area contributed by atoms with Gasteiger partial charge in [0.05, 0.1) is 0 Å². The molecular formula is C10H15N3O. The number of aliphatic hydroxyl groups excluding tert-OH is 1. The van der Waals surface area contributed by atoms with Gasteiger partial charge >= 0.3 is 0 Å². The Morgan fingerprint density at radius 2 is 1.86 bits per heavy atom. The van der Waals surface area contributed by atoms with Crippen LogP contribution in [0.2, 0.25) is 0 Å². The fourth-order valence-electron chi connectivity index (χ4n) is 1.94. The average molecular weight is 193 g/mol. The lowest BCUT2D eigenvalue weighted by Crippen LogP contribution is -2.06. The van der Waals surface area contributed by atoms with E-state index in [1.54, 1.807) is 0 Å². The normalized spacial score (nSPS) is 21.5. The molecule has 0 amide bonds. The fraction of sp³-hybridized carbons (Fsp3) is 0.800. The number of hydrogen-bond donors (Lipinski definition) is 1. The van der Waals surface area contributed by atoms with E-state index in [4.69, 9.17) is 5.11 Å². The highest BCUT2D eigenvalue weighted by molar-refractivity contribution is 5.04. The van der Waals surface area contributed by atoms with Crippen molar-refractivity contribution in [2.45, 2.75) is 44.8 Å². The number of hydrogen-bond acceptors (Lipinski definition) is 3. The Morgan fingerprint density at radius 3 is 2.43 bits per heavy atom. The van der Waals surface area contributed by atoms with Crippen LogP contribution >= 0.6 is 0 Å².